The molecule has 1 aromatic heterocycles. The van der Waals surface area contributed by atoms with Crippen LogP contribution in [0.5, 0.6) is 0 Å². The molecule has 1 amide bonds. The van der Waals surface area contributed by atoms with Gasteiger partial charge in [0.05, 0.1) is 5.92 Å². The van der Waals surface area contributed by atoms with Gasteiger partial charge in [0.2, 0.25) is 11.8 Å². The average Bonchev–Trinajstić information content (AvgIpc) is 3.00. The molecule has 0 spiro atoms. The van der Waals surface area contributed by atoms with E-state index in [4.69, 9.17) is 16.1 Å². The molecule has 3 rings (SSSR count). The lowest BCUT2D eigenvalue weighted by atomic mass is 9.98. The van der Waals surface area contributed by atoms with Crippen LogP contribution < -0.4 is 0 Å². The van der Waals surface area contributed by atoms with Gasteiger partial charge in [-0.25, -0.2) is 0 Å². The lowest BCUT2D eigenvalue weighted by molar-refractivity contribution is -0.127. The van der Waals surface area contributed by atoms with Crippen molar-refractivity contribution >= 4 is 23.6 Å². The molecule has 0 unspecified atom stereocenters. The molecule has 0 saturated carbocycles. The zero-order valence-corrected chi connectivity index (χ0v) is 13.7. The number of rotatable bonds is 3. The maximum atomic E-state index is 12.4. The van der Waals surface area contributed by atoms with E-state index in [0.717, 1.165) is 24.9 Å². The molecule has 23 heavy (non-hydrogen) atoms. The highest BCUT2D eigenvalue weighted by molar-refractivity contribution is 6.32. The Morgan fingerprint density at radius 1 is 1.43 bits per heavy atom. The summed E-state index contributed by atoms with van der Waals surface area (Å²) in [6.07, 6.45) is 5.21. The van der Waals surface area contributed by atoms with Gasteiger partial charge in [-0.15, -0.1) is 0 Å². The van der Waals surface area contributed by atoms with Gasteiger partial charge in [0.15, 0.2) is 5.82 Å². The number of hydrogen-bond acceptors (Lipinski definition) is 4. The molecule has 120 valence electrons. The Bertz CT molecular complexity index is 726. The predicted octanol–water partition coefficient (Wildman–Crippen LogP) is 3.45. The molecule has 1 aromatic carbocycles. The van der Waals surface area contributed by atoms with Crippen LogP contribution in [0.3, 0.4) is 0 Å². The Morgan fingerprint density at radius 3 is 3.00 bits per heavy atom. The molecular weight excluding hydrogens is 314 g/mol. The second kappa shape index (κ2) is 6.96. The molecule has 2 aromatic rings. The second-order valence-electron chi connectivity index (χ2n) is 5.66. The number of hydrogen-bond donors (Lipinski definition) is 0. The number of likely N-dealkylation sites (tertiary alicyclic amines) is 1. The van der Waals surface area contributed by atoms with Crippen LogP contribution in [0.4, 0.5) is 0 Å². The Labute approximate surface area is 139 Å². The molecule has 0 bridgehead atoms. The molecule has 1 aliphatic rings. The van der Waals surface area contributed by atoms with Gasteiger partial charge in [-0.2, -0.15) is 4.98 Å². The van der Waals surface area contributed by atoms with Gasteiger partial charge in [-0.05, 0) is 37.5 Å². The normalized spacial score (nSPS) is 18.5. The topological polar surface area (TPSA) is 59.2 Å². The van der Waals surface area contributed by atoms with E-state index in [1.165, 1.54) is 0 Å². The van der Waals surface area contributed by atoms with Crippen LogP contribution in [-0.4, -0.2) is 34.0 Å². The summed E-state index contributed by atoms with van der Waals surface area (Å²) in [4.78, 5) is 18.5. The first kappa shape index (κ1) is 15.7. The molecule has 0 radical (unpaired) electrons. The zero-order chi connectivity index (χ0) is 16.2. The van der Waals surface area contributed by atoms with Crippen molar-refractivity contribution in [3.63, 3.8) is 0 Å². The Morgan fingerprint density at radius 2 is 2.26 bits per heavy atom. The minimum absolute atomic E-state index is 0.0224. The number of carbonyl (C=O) groups is 1. The summed E-state index contributed by atoms with van der Waals surface area (Å²) in [5, 5.41) is 4.46. The van der Waals surface area contributed by atoms with Gasteiger partial charge in [0.1, 0.15) is 0 Å². The van der Waals surface area contributed by atoms with Gasteiger partial charge in [0, 0.05) is 24.2 Å². The number of carbonyl (C=O) groups excluding carboxylic acids is 1. The highest BCUT2D eigenvalue weighted by atomic mass is 35.5. The van der Waals surface area contributed by atoms with Crippen LogP contribution in [0, 0.1) is 6.92 Å². The molecule has 0 aliphatic carbocycles. The summed E-state index contributed by atoms with van der Waals surface area (Å²) in [7, 11) is 0. The number of aromatic nitrogens is 2. The molecule has 2 heterocycles. The third-order valence-electron chi connectivity index (χ3n) is 3.94. The monoisotopic (exact) mass is 331 g/mol. The Kier molecular flexibility index (Phi) is 4.76. The van der Waals surface area contributed by atoms with Crippen LogP contribution in [0.25, 0.3) is 6.08 Å². The molecule has 6 heteroatoms. The molecule has 5 nitrogen and oxygen atoms in total. The van der Waals surface area contributed by atoms with Gasteiger partial charge in [-0.3, -0.25) is 4.79 Å². The Balaban J connectivity index is 1.66. The zero-order valence-electron chi connectivity index (χ0n) is 12.9. The molecular formula is C17H18ClN3O2. The summed E-state index contributed by atoms with van der Waals surface area (Å²) in [5.74, 6) is 1.34. The Hall–Kier alpha value is -2.14. The van der Waals surface area contributed by atoms with Crippen LogP contribution in [0.1, 0.15) is 36.0 Å². The standard InChI is InChI=1S/C17H18ClN3O2/c1-12-19-17(23-20-12)14-6-4-10-21(11-14)16(22)9-8-13-5-2-3-7-15(13)18/h2-3,5,7-9,14H,4,6,10-11H2,1H3/b9-8+/t14-/m1/s1. The third-order valence-corrected chi connectivity index (χ3v) is 4.28. The van der Waals surface area contributed by atoms with Crippen molar-refractivity contribution in [2.75, 3.05) is 13.1 Å². The fraction of sp³-hybridized carbons (Fsp3) is 0.353. The van der Waals surface area contributed by atoms with Crippen LogP contribution in [0.2, 0.25) is 5.02 Å². The van der Waals surface area contributed by atoms with Crippen molar-refractivity contribution in [2.45, 2.75) is 25.7 Å². The van der Waals surface area contributed by atoms with Crippen molar-refractivity contribution in [3.05, 3.63) is 52.6 Å². The van der Waals surface area contributed by atoms with E-state index in [2.05, 4.69) is 10.1 Å². The quantitative estimate of drug-likeness (QED) is 0.808. The summed E-state index contributed by atoms with van der Waals surface area (Å²) < 4.78 is 5.24. The van der Waals surface area contributed by atoms with Crippen LogP contribution in [0.15, 0.2) is 34.9 Å². The summed E-state index contributed by atoms with van der Waals surface area (Å²) in [5.41, 5.74) is 0.837. The van der Waals surface area contributed by atoms with Crippen molar-refractivity contribution in [1.82, 2.24) is 15.0 Å². The van der Waals surface area contributed by atoms with Gasteiger partial charge in [0.25, 0.3) is 0 Å². The van der Waals surface area contributed by atoms with Gasteiger partial charge >= 0.3 is 0 Å². The number of halogens is 1. The first-order valence-corrected chi connectivity index (χ1v) is 8.03. The fourth-order valence-electron chi connectivity index (χ4n) is 2.73. The lowest BCUT2D eigenvalue weighted by Gasteiger charge is -2.30. The molecule has 1 fully saturated rings. The minimum atomic E-state index is -0.0224. The van der Waals surface area contributed by atoms with Gasteiger partial charge < -0.3 is 9.42 Å². The largest absolute Gasteiger partial charge is 0.339 e. The number of benzene rings is 1. The summed E-state index contributed by atoms with van der Waals surface area (Å²) in [6.45, 7) is 3.15. The summed E-state index contributed by atoms with van der Waals surface area (Å²) >= 11 is 6.10. The lowest BCUT2D eigenvalue weighted by Crippen LogP contribution is -2.38. The van der Waals surface area contributed by atoms with Gasteiger partial charge in [-0.1, -0.05) is 35.0 Å². The maximum Gasteiger partial charge on any atom is 0.246 e. The second-order valence-corrected chi connectivity index (χ2v) is 6.07. The third kappa shape index (κ3) is 3.79. The van der Waals surface area contributed by atoms with Crippen molar-refractivity contribution < 1.29 is 9.32 Å². The maximum absolute atomic E-state index is 12.4. The first-order chi connectivity index (χ1) is 11.1. The highest BCUT2D eigenvalue weighted by Gasteiger charge is 2.27. The molecule has 0 N–H and O–H groups in total. The van der Waals surface area contributed by atoms with E-state index in [1.807, 2.05) is 23.1 Å². The number of amides is 1. The number of aryl methyl sites for hydroxylation is 1. The van der Waals surface area contributed by atoms with Crippen molar-refractivity contribution in [1.29, 1.82) is 0 Å². The fourth-order valence-corrected chi connectivity index (χ4v) is 2.93. The highest BCUT2D eigenvalue weighted by Crippen LogP contribution is 2.26. The van der Waals surface area contributed by atoms with E-state index in [0.29, 0.717) is 23.3 Å². The predicted molar refractivity (Wildman–Crippen MR) is 88.1 cm³/mol. The van der Waals surface area contributed by atoms with E-state index in [-0.39, 0.29) is 11.8 Å². The molecule has 1 saturated heterocycles. The number of nitrogens with zero attached hydrogens (tertiary/aromatic N) is 3. The van der Waals surface area contributed by atoms with E-state index < -0.39 is 0 Å². The molecule has 1 aliphatic heterocycles. The van der Waals surface area contributed by atoms with Crippen LogP contribution >= 0.6 is 11.6 Å². The number of piperidine rings is 1. The minimum Gasteiger partial charge on any atom is -0.339 e. The van der Waals surface area contributed by atoms with Crippen LogP contribution in [-0.2, 0) is 4.79 Å². The van der Waals surface area contributed by atoms with E-state index in [9.17, 15) is 4.79 Å². The molecule has 1 atom stereocenters. The van der Waals surface area contributed by atoms with E-state index >= 15 is 0 Å². The average molecular weight is 332 g/mol. The van der Waals surface area contributed by atoms with Crippen molar-refractivity contribution in [3.8, 4) is 0 Å². The van der Waals surface area contributed by atoms with E-state index in [1.54, 1.807) is 25.1 Å². The van der Waals surface area contributed by atoms with Crippen molar-refractivity contribution in [2.24, 2.45) is 0 Å². The summed E-state index contributed by atoms with van der Waals surface area (Å²) in [6, 6.07) is 7.45. The smallest absolute Gasteiger partial charge is 0.246 e. The first-order valence-electron chi connectivity index (χ1n) is 7.65. The SMILES string of the molecule is Cc1noc([C@@H]2CCCN(C(=O)/C=C/c3ccccc3Cl)C2)n1.